The molecule has 26 heavy (non-hydrogen) atoms. The maximum Gasteiger partial charge on any atom is 0.405 e. The molecule has 6 heteroatoms. The average molecular weight is 372 g/mol. The van der Waals surface area contributed by atoms with Crippen molar-refractivity contribution in [1.29, 1.82) is 0 Å². The van der Waals surface area contributed by atoms with Gasteiger partial charge in [0.25, 0.3) is 5.91 Å². The van der Waals surface area contributed by atoms with Gasteiger partial charge in [-0.15, -0.1) is 12.6 Å². The summed E-state index contributed by atoms with van der Waals surface area (Å²) in [7, 11) is 0. The minimum absolute atomic E-state index is 0.475. The van der Waals surface area contributed by atoms with Crippen LogP contribution >= 0.6 is 12.6 Å². The normalized spacial score (nSPS) is 13.6. The Kier molecular flexibility index (Phi) is 5.66. The van der Waals surface area contributed by atoms with Gasteiger partial charge in [0.1, 0.15) is 0 Å². The molecule has 2 amide bonds. The summed E-state index contributed by atoms with van der Waals surface area (Å²) in [6.45, 7) is 7.34. The van der Waals surface area contributed by atoms with Gasteiger partial charge >= 0.3 is 6.09 Å². The lowest BCUT2D eigenvalue weighted by Gasteiger charge is -2.42. The highest BCUT2D eigenvalue weighted by molar-refractivity contribution is 7.80. The Labute approximate surface area is 159 Å². The lowest BCUT2D eigenvalue weighted by atomic mass is 9.71. The van der Waals surface area contributed by atoms with Gasteiger partial charge < -0.3 is 15.8 Å². The highest BCUT2D eigenvalue weighted by Crippen LogP contribution is 2.44. The highest BCUT2D eigenvalue weighted by Gasteiger charge is 2.53. The molecule has 0 aromatic heterocycles. The minimum Gasteiger partial charge on any atom is -0.427 e. The number of para-hydroxylation sites is 1. The third-order valence-electron chi connectivity index (χ3n) is 4.28. The lowest BCUT2D eigenvalue weighted by Crippen LogP contribution is -2.54. The van der Waals surface area contributed by atoms with E-state index in [1.54, 1.807) is 30.3 Å². The number of anilines is 1. The smallest absolute Gasteiger partial charge is 0.405 e. The van der Waals surface area contributed by atoms with Crippen LogP contribution in [-0.4, -0.2) is 12.0 Å². The Balaban J connectivity index is 2.63. The first kappa shape index (κ1) is 19.8. The van der Waals surface area contributed by atoms with Gasteiger partial charge in [0.15, 0.2) is 0 Å². The van der Waals surface area contributed by atoms with E-state index in [0.717, 1.165) is 5.56 Å². The molecule has 1 unspecified atom stereocenters. The van der Waals surface area contributed by atoms with Crippen molar-refractivity contribution < 1.29 is 14.3 Å². The van der Waals surface area contributed by atoms with Crippen LogP contribution in [0.1, 0.15) is 31.9 Å². The molecule has 0 fully saturated rings. The summed E-state index contributed by atoms with van der Waals surface area (Å²) in [4.78, 5) is 25.8. The second-order valence-electron chi connectivity index (χ2n) is 7.17. The Bertz CT molecular complexity index is 830. The number of hydrogen-bond acceptors (Lipinski definition) is 4. The van der Waals surface area contributed by atoms with Crippen molar-refractivity contribution in [1.82, 2.24) is 0 Å². The second-order valence-corrected chi connectivity index (χ2v) is 7.69. The third kappa shape index (κ3) is 3.85. The van der Waals surface area contributed by atoms with E-state index in [2.05, 4.69) is 17.9 Å². The summed E-state index contributed by atoms with van der Waals surface area (Å²) >= 11 is 4.35. The molecule has 3 N–H and O–H groups in total. The summed E-state index contributed by atoms with van der Waals surface area (Å²) in [6.07, 6.45) is -1.02. The number of carbonyl (C=O) groups excluding carboxylic acids is 2. The zero-order chi connectivity index (χ0) is 19.5. The van der Waals surface area contributed by atoms with Crippen molar-refractivity contribution >= 4 is 30.3 Å². The van der Waals surface area contributed by atoms with Gasteiger partial charge in [-0.2, -0.15) is 0 Å². The largest absolute Gasteiger partial charge is 0.427 e. The topological polar surface area (TPSA) is 81.4 Å². The van der Waals surface area contributed by atoms with Crippen molar-refractivity contribution in [2.24, 2.45) is 11.1 Å². The standard InChI is InChI=1S/C20H24N2O3S/c1-13-8-5-6-11-16(13)22-17(23)20(19(2,3)4,25-18(21)24)14-9-7-10-15(26)12-14/h5-12,26H,1-4H3,(H2,21,24)(H,22,23). The lowest BCUT2D eigenvalue weighted by molar-refractivity contribution is -0.148. The van der Waals surface area contributed by atoms with Crippen molar-refractivity contribution in [2.75, 3.05) is 5.32 Å². The molecule has 1 atom stereocenters. The van der Waals surface area contributed by atoms with Crippen LogP contribution in [0.2, 0.25) is 0 Å². The molecule has 0 aliphatic rings. The fourth-order valence-corrected chi connectivity index (χ4v) is 3.19. The molecule has 0 saturated carbocycles. The quantitative estimate of drug-likeness (QED) is 0.702. The van der Waals surface area contributed by atoms with Crippen LogP contribution in [0.15, 0.2) is 53.4 Å². The number of nitrogens with two attached hydrogens (primary N) is 1. The summed E-state index contributed by atoms with van der Waals surface area (Å²) in [5, 5.41) is 2.88. The number of nitrogens with one attached hydrogen (secondary N) is 1. The number of aryl methyl sites for hydroxylation is 1. The molecular weight excluding hydrogens is 348 g/mol. The fraction of sp³-hybridized carbons (Fsp3) is 0.300. The molecule has 0 aliphatic carbocycles. The number of carbonyl (C=O) groups is 2. The highest BCUT2D eigenvalue weighted by atomic mass is 32.1. The van der Waals surface area contributed by atoms with Crippen molar-refractivity contribution in [3.05, 3.63) is 59.7 Å². The van der Waals surface area contributed by atoms with E-state index >= 15 is 0 Å². The van der Waals surface area contributed by atoms with E-state index in [4.69, 9.17) is 10.5 Å². The molecule has 0 heterocycles. The van der Waals surface area contributed by atoms with E-state index in [1.807, 2.05) is 45.9 Å². The molecule has 5 nitrogen and oxygen atoms in total. The number of hydrogen-bond donors (Lipinski definition) is 3. The van der Waals surface area contributed by atoms with Crippen LogP contribution in [0.25, 0.3) is 0 Å². The number of primary amides is 1. The monoisotopic (exact) mass is 372 g/mol. The van der Waals surface area contributed by atoms with Gasteiger partial charge in [-0.1, -0.05) is 51.1 Å². The van der Waals surface area contributed by atoms with E-state index in [1.165, 1.54) is 0 Å². The van der Waals surface area contributed by atoms with Crippen molar-refractivity contribution in [3.63, 3.8) is 0 Å². The molecular formula is C20H24N2O3S. The molecule has 138 valence electrons. The summed E-state index contributed by atoms with van der Waals surface area (Å²) < 4.78 is 5.51. The Hall–Kier alpha value is -2.47. The number of thiol groups is 1. The first-order valence-electron chi connectivity index (χ1n) is 8.23. The zero-order valence-corrected chi connectivity index (χ0v) is 16.3. The fourth-order valence-electron chi connectivity index (χ4n) is 2.96. The first-order valence-corrected chi connectivity index (χ1v) is 8.67. The molecule has 0 bridgehead atoms. The predicted octanol–water partition coefficient (Wildman–Crippen LogP) is 4.26. The van der Waals surface area contributed by atoms with Crippen LogP contribution in [0.3, 0.4) is 0 Å². The molecule has 0 saturated heterocycles. The second kappa shape index (κ2) is 7.41. The predicted molar refractivity (Wildman–Crippen MR) is 105 cm³/mol. The zero-order valence-electron chi connectivity index (χ0n) is 15.4. The molecule has 0 radical (unpaired) electrons. The maximum atomic E-state index is 13.4. The van der Waals surface area contributed by atoms with Gasteiger partial charge in [0, 0.05) is 21.6 Å². The van der Waals surface area contributed by atoms with Crippen LogP contribution in [0.5, 0.6) is 0 Å². The van der Waals surface area contributed by atoms with Crippen LogP contribution in [0, 0.1) is 12.3 Å². The molecule has 2 rings (SSSR count). The third-order valence-corrected chi connectivity index (χ3v) is 4.55. The van der Waals surface area contributed by atoms with Crippen LogP contribution in [0.4, 0.5) is 10.5 Å². The van der Waals surface area contributed by atoms with Gasteiger partial charge in [0.2, 0.25) is 5.60 Å². The summed E-state index contributed by atoms with van der Waals surface area (Å²) in [5.74, 6) is -0.475. The van der Waals surface area contributed by atoms with Crippen LogP contribution in [-0.2, 0) is 15.1 Å². The van der Waals surface area contributed by atoms with E-state index < -0.39 is 23.0 Å². The van der Waals surface area contributed by atoms with Crippen molar-refractivity contribution in [2.45, 2.75) is 38.2 Å². The minimum atomic E-state index is -1.63. The number of amides is 2. The van der Waals surface area contributed by atoms with E-state index in [9.17, 15) is 9.59 Å². The Morgan fingerprint density at radius 2 is 1.73 bits per heavy atom. The summed E-state index contributed by atoms with van der Waals surface area (Å²) in [5.41, 5.74) is 4.98. The van der Waals surface area contributed by atoms with Gasteiger partial charge in [-0.3, -0.25) is 4.79 Å². The van der Waals surface area contributed by atoms with Gasteiger partial charge in [-0.05, 0) is 30.7 Å². The molecule has 0 spiro atoms. The maximum absolute atomic E-state index is 13.4. The molecule has 2 aromatic rings. The molecule has 0 aliphatic heterocycles. The SMILES string of the molecule is Cc1ccccc1NC(=O)C(OC(N)=O)(c1cccc(S)c1)C(C)(C)C. The van der Waals surface area contributed by atoms with Gasteiger partial charge in [-0.25, -0.2) is 4.79 Å². The molecule has 2 aromatic carbocycles. The summed E-state index contributed by atoms with van der Waals surface area (Å²) in [6, 6.07) is 14.3. The van der Waals surface area contributed by atoms with E-state index in [0.29, 0.717) is 16.1 Å². The van der Waals surface area contributed by atoms with E-state index in [-0.39, 0.29) is 0 Å². The Morgan fingerprint density at radius 1 is 1.08 bits per heavy atom. The number of ether oxygens (including phenoxy) is 1. The average Bonchev–Trinajstić information content (AvgIpc) is 2.53. The first-order chi connectivity index (χ1) is 12.1. The van der Waals surface area contributed by atoms with Gasteiger partial charge in [0.05, 0.1) is 0 Å². The number of rotatable bonds is 4. The van der Waals surface area contributed by atoms with Crippen molar-refractivity contribution in [3.8, 4) is 0 Å². The number of benzene rings is 2. The Morgan fingerprint density at radius 3 is 2.27 bits per heavy atom. The van der Waals surface area contributed by atoms with Crippen LogP contribution < -0.4 is 11.1 Å².